The van der Waals surface area contributed by atoms with Gasteiger partial charge in [0.1, 0.15) is 0 Å². The van der Waals surface area contributed by atoms with E-state index in [9.17, 15) is 4.79 Å². The van der Waals surface area contributed by atoms with Gasteiger partial charge in [0.2, 0.25) is 0 Å². The lowest BCUT2D eigenvalue weighted by atomic mass is 9.79. The van der Waals surface area contributed by atoms with E-state index in [1.54, 1.807) is 6.92 Å². The van der Waals surface area contributed by atoms with Crippen LogP contribution in [0.2, 0.25) is 0 Å². The molecule has 1 fully saturated rings. The van der Waals surface area contributed by atoms with Gasteiger partial charge in [-0.15, -0.1) is 0 Å². The van der Waals surface area contributed by atoms with Crippen molar-refractivity contribution in [3.63, 3.8) is 0 Å². The summed E-state index contributed by atoms with van der Waals surface area (Å²) in [5.74, 6) is 0.892. The van der Waals surface area contributed by atoms with E-state index in [1.165, 1.54) is 29.5 Å². The summed E-state index contributed by atoms with van der Waals surface area (Å²) < 4.78 is 0. The van der Waals surface area contributed by atoms with Crippen LogP contribution in [0.3, 0.4) is 0 Å². The molecule has 16 heavy (non-hydrogen) atoms. The van der Waals surface area contributed by atoms with Gasteiger partial charge in [0, 0.05) is 5.57 Å². The van der Waals surface area contributed by atoms with Gasteiger partial charge in [0.25, 0.3) is 0 Å². The molecule has 0 aromatic heterocycles. The van der Waals surface area contributed by atoms with Crippen LogP contribution in [0.4, 0.5) is 0 Å². The highest BCUT2D eigenvalue weighted by molar-refractivity contribution is 6.21. The Labute approximate surface area is 96.2 Å². The van der Waals surface area contributed by atoms with Crippen molar-refractivity contribution in [2.75, 3.05) is 0 Å². The second kappa shape index (κ2) is 3.58. The van der Waals surface area contributed by atoms with E-state index in [4.69, 9.17) is 0 Å². The summed E-state index contributed by atoms with van der Waals surface area (Å²) in [6.45, 7) is 1.71. The van der Waals surface area contributed by atoms with E-state index in [-0.39, 0.29) is 5.78 Å². The van der Waals surface area contributed by atoms with E-state index in [0.717, 1.165) is 18.4 Å². The summed E-state index contributed by atoms with van der Waals surface area (Å²) in [6.07, 6.45) is 4.79. The summed E-state index contributed by atoms with van der Waals surface area (Å²) >= 11 is 0. The zero-order chi connectivity index (χ0) is 11.1. The summed E-state index contributed by atoms with van der Waals surface area (Å²) in [5.41, 5.74) is 5.03. The third kappa shape index (κ3) is 1.35. The van der Waals surface area contributed by atoms with Crippen LogP contribution in [0.1, 0.15) is 37.3 Å². The molecule has 0 bridgehead atoms. The Kier molecular flexibility index (Phi) is 2.20. The van der Waals surface area contributed by atoms with Gasteiger partial charge in [-0.3, -0.25) is 4.79 Å². The number of rotatable bonds is 1. The third-order valence-electron chi connectivity index (χ3n) is 3.92. The average molecular weight is 212 g/mol. The molecule has 0 radical (unpaired) electrons. The Morgan fingerprint density at radius 2 is 2.12 bits per heavy atom. The average Bonchev–Trinajstić information content (AvgIpc) is 2.72. The van der Waals surface area contributed by atoms with Gasteiger partial charge < -0.3 is 0 Å². The maximum atomic E-state index is 11.8. The van der Waals surface area contributed by atoms with Gasteiger partial charge in [0.15, 0.2) is 5.78 Å². The van der Waals surface area contributed by atoms with Gasteiger partial charge in [0.05, 0.1) is 0 Å². The molecule has 1 heteroatoms. The van der Waals surface area contributed by atoms with E-state index in [1.807, 2.05) is 6.07 Å². The molecule has 1 atom stereocenters. The lowest BCUT2D eigenvalue weighted by molar-refractivity contribution is -0.111. The normalized spacial score (nSPS) is 22.9. The number of hydrogen-bond acceptors (Lipinski definition) is 1. The van der Waals surface area contributed by atoms with Crippen molar-refractivity contribution in [2.45, 2.75) is 32.6 Å². The highest BCUT2D eigenvalue weighted by atomic mass is 16.1. The molecule has 1 unspecified atom stereocenters. The van der Waals surface area contributed by atoms with Crippen molar-refractivity contribution in [1.82, 2.24) is 0 Å². The van der Waals surface area contributed by atoms with Gasteiger partial charge in [-0.1, -0.05) is 29.8 Å². The minimum Gasteiger partial charge on any atom is -0.294 e. The van der Waals surface area contributed by atoms with Crippen LogP contribution in [-0.2, 0) is 11.2 Å². The van der Waals surface area contributed by atoms with Gasteiger partial charge in [-0.2, -0.15) is 0 Å². The topological polar surface area (TPSA) is 17.1 Å². The largest absolute Gasteiger partial charge is 0.294 e. The zero-order valence-electron chi connectivity index (χ0n) is 9.62. The number of allylic oxidation sites excluding steroid dienone is 2. The molecule has 0 aliphatic heterocycles. The minimum absolute atomic E-state index is 0.244. The summed E-state index contributed by atoms with van der Waals surface area (Å²) in [7, 11) is 0. The van der Waals surface area contributed by atoms with E-state index in [0.29, 0.717) is 5.92 Å². The first-order valence-electron chi connectivity index (χ1n) is 6.09. The predicted molar refractivity (Wildman–Crippen MR) is 65.1 cm³/mol. The van der Waals surface area contributed by atoms with Crippen molar-refractivity contribution in [1.29, 1.82) is 0 Å². The van der Waals surface area contributed by atoms with E-state index in [2.05, 4.69) is 18.2 Å². The van der Waals surface area contributed by atoms with Crippen LogP contribution in [0.5, 0.6) is 0 Å². The fraction of sp³-hybridized carbons (Fsp3) is 0.400. The van der Waals surface area contributed by atoms with E-state index >= 15 is 0 Å². The van der Waals surface area contributed by atoms with E-state index < -0.39 is 0 Å². The highest BCUT2D eigenvalue weighted by Gasteiger charge is 2.31. The standard InChI is InChI=1S/C15H16O/c1-10(16)15-13-7-3-2-5-11(13)9-12-6-4-8-14(12)15/h2-3,5,7,12H,4,6,8-9H2,1H3. The van der Waals surface area contributed by atoms with Crippen LogP contribution in [-0.4, -0.2) is 5.78 Å². The van der Waals surface area contributed by atoms with Crippen LogP contribution in [0.25, 0.3) is 5.57 Å². The summed E-state index contributed by atoms with van der Waals surface area (Å²) in [5, 5.41) is 0. The molecule has 1 nitrogen and oxygen atoms in total. The Balaban J connectivity index is 2.23. The smallest absolute Gasteiger partial charge is 0.160 e. The van der Waals surface area contributed by atoms with Crippen molar-refractivity contribution >= 4 is 11.4 Å². The Hall–Kier alpha value is -1.37. The number of ketones is 1. The van der Waals surface area contributed by atoms with Gasteiger partial charge in [-0.25, -0.2) is 0 Å². The fourth-order valence-electron chi connectivity index (χ4n) is 3.27. The number of hydrogen-bond donors (Lipinski definition) is 0. The van der Waals surface area contributed by atoms with Crippen LogP contribution in [0, 0.1) is 5.92 Å². The van der Waals surface area contributed by atoms with Crippen molar-refractivity contribution < 1.29 is 4.79 Å². The molecule has 0 heterocycles. The quantitative estimate of drug-likeness (QED) is 0.697. The molecule has 0 N–H and O–H groups in total. The first-order valence-corrected chi connectivity index (χ1v) is 6.09. The van der Waals surface area contributed by atoms with Crippen molar-refractivity contribution in [3.8, 4) is 0 Å². The SMILES string of the molecule is CC(=O)C1=C2CCCC2Cc2ccccc21. The van der Waals surface area contributed by atoms with Crippen molar-refractivity contribution in [3.05, 3.63) is 41.0 Å². The summed E-state index contributed by atoms with van der Waals surface area (Å²) in [4.78, 5) is 11.8. The number of fused-ring (bicyclic) bond motifs is 2. The Bertz CT molecular complexity index is 482. The number of carbonyl (C=O) groups is 1. The molecule has 0 amide bonds. The monoisotopic (exact) mass is 212 g/mol. The number of benzene rings is 1. The fourth-order valence-corrected chi connectivity index (χ4v) is 3.27. The second-order valence-electron chi connectivity index (χ2n) is 4.91. The Morgan fingerprint density at radius 3 is 2.94 bits per heavy atom. The first-order chi connectivity index (χ1) is 7.77. The molecule has 0 spiro atoms. The third-order valence-corrected chi connectivity index (χ3v) is 3.92. The molecular formula is C15H16O. The van der Waals surface area contributed by atoms with Crippen molar-refractivity contribution in [2.24, 2.45) is 5.92 Å². The number of Topliss-reactive ketones (excluding diaryl/α,β-unsaturated/α-hetero) is 1. The molecular weight excluding hydrogens is 196 g/mol. The Morgan fingerprint density at radius 1 is 1.31 bits per heavy atom. The molecule has 2 aliphatic carbocycles. The van der Waals surface area contributed by atoms with Gasteiger partial charge in [-0.05, 0) is 49.7 Å². The highest BCUT2D eigenvalue weighted by Crippen LogP contribution is 2.43. The maximum Gasteiger partial charge on any atom is 0.160 e. The maximum absolute atomic E-state index is 11.8. The first kappa shape index (κ1) is 9.83. The second-order valence-corrected chi connectivity index (χ2v) is 4.91. The molecule has 3 rings (SSSR count). The van der Waals surface area contributed by atoms with Crippen LogP contribution < -0.4 is 0 Å². The molecule has 1 saturated carbocycles. The zero-order valence-corrected chi connectivity index (χ0v) is 9.62. The van der Waals surface area contributed by atoms with Crippen LogP contribution >= 0.6 is 0 Å². The molecule has 0 saturated heterocycles. The molecule has 2 aliphatic rings. The van der Waals surface area contributed by atoms with Gasteiger partial charge >= 0.3 is 0 Å². The molecule has 1 aromatic rings. The lowest BCUT2D eigenvalue weighted by Gasteiger charge is -2.25. The predicted octanol–water partition coefficient (Wildman–Crippen LogP) is 3.39. The minimum atomic E-state index is 0.244. The molecule has 1 aromatic carbocycles. The lowest BCUT2D eigenvalue weighted by Crippen LogP contribution is -2.15. The number of carbonyl (C=O) groups excluding carboxylic acids is 1. The molecule has 82 valence electrons. The summed E-state index contributed by atoms with van der Waals surface area (Å²) in [6, 6.07) is 8.40. The van der Waals surface area contributed by atoms with Crippen LogP contribution in [0.15, 0.2) is 29.8 Å².